The van der Waals surface area contributed by atoms with Crippen molar-refractivity contribution in [1.82, 2.24) is 5.32 Å². The molecule has 1 aromatic rings. The number of alkyl halides is 2. The second kappa shape index (κ2) is 9.49. The monoisotopic (exact) mass is 371 g/mol. The maximum absolute atomic E-state index is 12.3. The number of carbonyl (C=O) groups excluding carboxylic acids is 1. The Hall–Kier alpha value is -2.19. The normalized spacial score (nSPS) is 16.7. The van der Waals surface area contributed by atoms with Gasteiger partial charge in [-0.25, -0.2) is 0 Å². The Morgan fingerprint density at radius 2 is 2.12 bits per heavy atom. The van der Waals surface area contributed by atoms with Crippen molar-refractivity contribution in [2.45, 2.75) is 31.4 Å². The minimum Gasteiger partial charge on any atom is -0.493 e. The highest BCUT2D eigenvalue weighted by molar-refractivity contribution is 5.92. The molecular weight excluding hydrogens is 348 g/mol. The third-order valence-corrected chi connectivity index (χ3v) is 4.26. The Balaban J connectivity index is 2.04. The predicted molar refractivity (Wildman–Crippen MR) is 91.3 cm³/mol. The molecule has 2 N–H and O–H groups in total. The first-order chi connectivity index (χ1) is 12.5. The molecule has 1 heterocycles. The minimum absolute atomic E-state index is 0.0210. The van der Waals surface area contributed by atoms with E-state index in [1.165, 1.54) is 25.3 Å². The number of methoxy groups -OCH3 is 1. The van der Waals surface area contributed by atoms with E-state index in [4.69, 9.17) is 9.47 Å². The summed E-state index contributed by atoms with van der Waals surface area (Å²) in [6.45, 7) is -1.90. The smallest absolute Gasteiger partial charge is 0.387 e. The van der Waals surface area contributed by atoms with Crippen LogP contribution in [0.15, 0.2) is 24.3 Å². The van der Waals surface area contributed by atoms with E-state index in [2.05, 4.69) is 10.1 Å². The van der Waals surface area contributed by atoms with E-state index in [0.29, 0.717) is 38.0 Å². The lowest BCUT2D eigenvalue weighted by molar-refractivity contribution is -0.119. The van der Waals surface area contributed by atoms with Crippen LogP contribution in [0.4, 0.5) is 8.78 Å². The highest BCUT2D eigenvalue weighted by Gasteiger charge is 2.32. The molecule has 0 bridgehead atoms. The quantitative estimate of drug-likeness (QED) is 0.686. The van der Waals surface area contributed by atoms with E-state index in [1.807, 2.05) is 0 Å². The largest absolute Gasteiger partial charge is 0.493 e. The van der Waals surface area contributed by atoms with Crippen LogP contribution in [-0.2, 0) is 9.53 Å². The standard InChI is InChI=1S/C18H23F2NO5/c1-24-15-12-13(2-4-14(15)26-17(19)20)3-5-16(23)21-18(6-9-22)7-10-25-11-8-18/h2-5,12,17,22H,6-11H2,1H3,(H,21,23). The van der Waals surface area contributed by atoms with Crippen LogP contribution in [0.5, 0.6) is 11.5 Å². The SMILES string of the molecule is COc1cc(C=CC(=O)NC2(CCO)CCOCC2)ccc1OC(F)F. The molecule has 1 aromatic carbocycles. The number of aliphatic hydroxyl groups excluding tert-OH is 1. The van der Waals surface area contributed by atoms with Gasteiger partial charge < -0.3 is 24.6 Å². The summed E-state index contributed by atoms with van der Waals surface area (Å²) in [5.41, 5.74) is 0.128. The van der Waals surface area contributed by atoms with Crippen LogP contribution in [0.3, 0.4) is 0 Å². The molecule has 1 fully saturated rings. The molecule has 8 heteroatoms. The van der Waals surface area contributed by atoms with Crippen molar-refractivity contribution in [3.05, 3.63) is 29.8 Å². The van der Waals surface area contributed by atoms with Crippen molar-refractivity contribution >= 4 is 12.0 Å². The van der Waals surface area contributed by atoms with Crippen LogP contribution in [0.1, 0.15) is 24.8 Å². The summed E-state index contributed by atoms with van der Waals surface area (Å²) in [6, 6.07) is 4.40. The van der Waals surface area contributed by atoms with Crippen LogP contribution in [0, 0.1) is 0 Å². The van der Waals surface area contributed by atoms with Gasteiger partial charge in [0.25, 0.3) is 0 Å². The number of carbonyl (C=O) groups is 1. The number of rotatable bonds is 8. The van der Waals surface area contributed by atoms with Gasteiger partial charge in [-0.2, -0.15) is 8.78 Å². The Bertz CT molecular complexity index is 624. The lowest BCUT2D eigenvalue weighted by Crippen LogP contribution is -2.52. The van der Waals surface area contributed by atoms with Gasteiger partial charge in [-0.05, 0) is 43.0 Å². The molecule has 0 spiro atoms. The molecule has 144 valence electrons. The van der Waals surface area contributed by atoms with Crippen LogP contribution < -0.4 is 14.8 Å². The van der Waals surface area contributed by atoms with Gasteiger partial charge in [0.2, 0.25) is 5.91 Å². The molecule has 6 nitrogen and oxygen atoms in total. The summed E-state index contributed by atoms with van der Waals surface area (Å²) in [6.07, 6.45) is 4.65. The molecule has 1 amide bonds. The number of benzene rings is 1. The van der Waals surface area contributed by atoms with Gasteiger partial charge in [0.05, 0.1) is 7.11 Å². The molecule has 1 aliphatic heterocycles. The van der Waals surface area contributed by atoms with Gasteiger partial charge in [0.1, 0.15) is 0 Å². The Morgan fingerprint density at radius 3 is 2.73 bits per heavy atom. The fourth-order valence-electron chi connectivity index (χ4n) is 2.87. The van der Waals surface area contributed by atoms with Crippen molar-refractivity contribution < 1.29 is 32.9 Å². The van der Waals surface area contributed by atoms with Crippen molar-refractivity contribution in [1.29, 1.82) is 0 Å². The Kier molecular flexibility index (Phi) is 7.35. The second-order valence-electron chi connectivity index (χ2n) is 5.98. The zero-order valence-corrected chi connectivity index (χ0v) is 14.5. The first kappa shape index (κ1) is 20.1. The van der Waals surface area contributed by atoms with Crippen LogP contribution in [-0.4, -0.2) is 50.1 Å². The summed E-state index contributed by atoms with van der Waals surface area (Å²) in [5.74, 6) is -0.227. The van der Waals surface area contributed by atoms with Crippen molar-refractivity contribution in [2.24, 2.45) is 0 Å². The summed E-state index contributed by atoms with van der Waals surface area (Å²) < 4.78 is 39.4. The van der Waals surface area contributed by atoms with Gasteiger partial charge in [-0.15, -0.1) is 0 Å². The molecule has 1 aliphatic rings. The van der Waals surface area contributed by atoms with E-state index in [9.17, 15) is 18.7 Å². The zero-order chi connectivity index (χ0) is 19.0. The molecule has 1 saturated heterocycles. The first-order valence-corrected chi connectivity index (χ1v) is 8.30. The molecule has 0 aromatic heterocycles. The fraction of sp³-hybridized carbons (Fsp3) is 0.500. The zero-order valence-electron chi connectivity index (χ0n) is 14.5. The number of aliphatic hydroxyl groups is 1. The topological polar surface area (TPSA) is 77.0 Å². The van der Waals surface area contributed by atoms with Crippen molar-refractivity contribution in [2.75, 3.05) is 26.9 Å². The number of hydrogen-bond donors (Lipinski definition) is 2. The highest BCUT2D eigenvalue weighted by Crippen LogP contribution is 2.30. The molecular formula is C18H23F2NO5. The summed E-state index contributed by atoms with van der Waals surface area (Å²) >= 11 is 0. The Labute approximate surface area is 150 Å². The lowest BCUT2D eigenvalue weighted by Gasteiger charge is -2.37. The van der Waals surface area contributed by atoms with Gasteiger partial charge in [-0.1, -0.05) is 6.07 Å². The summed E-state index contributed by atoms with van der Waals surface area (Å²) in [7, 11) is 1.34. The molecule has 0 unspecified atom stereocenters. The average molecular weight is 371 g/mol. The van der Waals surface area contributed by atoms with E-state index in [1.54, 1.807) is 12.1 Å². The summed E-state index contributed by atoms with van der Waals surface area (Å²) in [5, 5.41) is 12.2. The number of amides is 1. The van der Waals surface area contributed by atoms with E-state index < -0.39 is 12.2 Å². The third-order valence-electron chi connectivity index (χ3n) is 4.26. The van der Waals surface area contributed by atoms with E-state index >= 15 is 0 Å². The van der Waals surface area contributed by atoms with Crippen LogP contribution in [0.2, 0.25) is 0 Å². The minimum atomic E-state index is -2.95. The fourth-order valence-corrected chi connectivity index (χ4v) is 2.87. The number of ether oxygens (including phenoxy) is 3. The van der Waals surface area contributed by atoms with E-state index in [0.717, 1.165) is 0 Å². The molecule has 0 aliphatic carbocycles. The molecule has 2 rings (SSSR count). The Morgan fingerprint density at radius 1 is 1.38 bits per heavy atom. The van der Waals surface area contributed by atoms with Gasteiger partial charge in [0, 0.05) is 31.4 Å². The number of halogens is 2. The predicted octanol–water partition coefficient (Wildman–Crippen LogP) is 2.36. The van der Waals surface area contributed by atoms with E-state index in [-0.39, 0.29) is 24.0 Å². The molecule has 26 heavy (non-hydrogen) atoms. The number of nitrogens with one attached hydrogen (secondary N) is 1. The average Bonchev–Trinajstić information content (AvgIpc) is 2.61. The van der Waals surface area contributed by atoms with Crippen LogP contribution in [0.25, 0.3) is 6.08 Å². The summed E-state index contributed by atoms with van der Waals surface area (Å²) in [4.78, 5) is 12.3. The van der Waals surface area contributed by atoms with Gasteiger partial charge in [-0.3, -0.25) is 4.79 Å². The molecule has 0 atom stereocenters. The van der Waals surface area contributed by atoms with Crippen molar-refractivity contribution in [3.63, 3.8) is 0 Å². The maximum atomic E-state index is 12.3. The van der Waals surface area contributed by atoms with Gasteiger partial charge >= 0.3 is 6.61 Å². The number of hydrogen-bond acceptors (Lipinski definition) is 5. The first-order valence-electron chi connectivity index (χ1n) is 8.30. The molecule has 0 saturated carbocycles. The molecule has 0 radical (unpaired) electrons. The highest BCUT2D eigenvalue weighted by atomic mass is 19.3. The maximum Gasteiger partial charge on any atom is 0.387 e. The van der Waals surface area contributed by atoms with Crippen LogP contribution >= 0.6 is 0 Å². The second-order valence-corrected chi connectivity index (χ2v) is 5.98. The lowest BCUT2D eigenvalue weighted by atomic mass is 9.86. The van der Waals surface area contributed by atoms with Gasteiger partial charge in [0.15, 0.2) is 11.5 Å². The van der Waals surface area contributed by atoms with Crippen molar-refractivity contribution in [3.8, 4) is 11.5 Å². The third kappa shape index (κ3) is 5.67.